The molecule has 0 spiro atoms. The van der Waals surface area contributed by atoms with Crippen molar-refractivity contribution in [1.29, 1.82) is 5.26 Å². The average molecular weight is 260 g/mol. The van der Waals surface area contributed by atoms with Gasteiger partial charge in [0.15, 0.2) is 10.7 Å². The molecule has 0 saturated heterocycles. The molecule has 1 heterocycles. The zero-order valence-corrected chi connectivity index (χ0v) is 11.0. The lowest BCUT2D eigenvalue weighted by atomic mass is 9.96. The third-order valence-corrected chi connectivity index (χ3v) is 3.70. The fraction of sp³-hybridized carbons (Fsp3) is 0.308. The number of para-hydroxylation sites is 2. The summed E-state index contributed by atoms with van der Waals surface area (Å²) in [5.74, 6) is 0.700. The van der Waals surface area contributed by atoms with Crippen molar-refractivity contribution in [3.63, 3.8) is 0 Å². The molecule has 2 aromatic rings. The summed E-state index contributed by atoms with van der Waals surface area (Å²) in [6.45, 7) is 3.21. The number of carbonyl (C=O) groups is 1. The molecule has 0 bridgehead atoms. The van der Waals surface area contributed by atoms with Gasteiger partial charge in [-0.3, -0.25) is 4.79 Å². The van der Waals surface area contributed by atoms with Crippen molar-refractivity contribution in [2.24, 2.45) is 0 Å². The Kier molecular flexibility index (Phi) is 3.39. The monoisotopic (exact) mass is 260 g/mol. The van der Waals surface area contributed by atoms with Crippen LogP contribution in [0.1, 0.15) is 19.7 Å². The van der Waals surface area contributed by atoms with Gasteiger partial charge < -0.3 is 4.42 Å². The van der Waals surface area contributed by atoms with Gasteiger partial charge in [0.05, 0.1) is 6.07 Å². The summed E-state index contributed by atoms with van der Waals surface area (Å²) in [5.41, 5.74) is 0.485. The second-order valence-electron chi connectivity index (χ2n) is 4.21. The molecule has 2 rings (SSSR count). The van der Waals surface area contributed by atoms with Crippen LogP contribution in [-0.4, -0.2) is 15.9 Å². The van der Waals surface area contributed by atoms with Crippen LogP contribution in [0.15, 0.2) is 28.7 Å². The number of rotatable bonds is 3. The topological polar surface area (TPSA) is 66.9 Å². The molecule has 1 atom stereocenters. The highest BCUT2D eigenvalue weighted by Gasteiger charge is 2.33. The highest BCUT2D eigenvalue weighted by atomic mass is 32.2. The lowest BCUT2D eigenvalue weighted by molar-refractivity contribution is -0.109. The van der Waals surface area contributed by atoms with Crippen LogP contribution in [0.25, 0.3) is 11.1 Å². The summed E-state index contributed by atoms with van der Waals surface area (Å²) in [4.78, 5) is 15.3. The van der Waals surface area contributed by atoms with Crippen LogP contribution in [0, 0.1) is 11.3 Å². The van der Waals surface area contributed by atoms with E-state index in [0.717, 1.165) is 17.3 Å². The fourth-order valence-electron chi connectivity index (χ4n) is 1.50. The van der Waals surface area contributed by atoms with E-state index in [4.69, 9.17) is 4.42 Å². The molecule has 0 radical (unpaired) electrons. The van der Waals surface area contributed by atoms with Gasteiger partial charge >= 0.3 is 0 Å². The van der Waals surface area contributed by atoms with E-state index in [2.05, 4.69) is 11.1 Å². The maximum Gasteiger partial charge on any atom is 0.216 e. The van der Waals surface area contributed by atoms with Gasteiger partial charge in [0.1, 0.15) is 10.9 Å². The van der Waals surface area contributed by atoms with Crippen LogP contribution < -0.4 is 0 Å². The second-order valence-corrected chi connectivity index (χ2v) is 5.36. The molecule has 0 amide bonds. The number of benzene rings is 1. The van der Waals surface area contributed by atoms with Crippen LogP contribution in [0.5, 0.6) is 0 Å². The molecule has 92 valence electrons. The predicted octanol–water partition coefficient (Wildman–Crippen LogP) is 2.89. The van der Waals surface area contributed by atoms with Crippen molar-refractivity contribution in [1.82, 2.24) is 4.98 Å². The predicted molar refractivity (Wildman–Crippen MR) is 70.1 cm³/mol. The average Bonchev–Trinajstić information content (AvgIpc) is 2.80. The van der Waals surface area contributed by atoms with Crippen molar-refractivity contribution in [3.05, 3.63) is 30.2 Å². The summed E-state index contributed by atoms with van der Waals surface area (Å²) in [6.07, 6.45) is 0. The molecule has 1 aromatic carbocycles. The van der Waals surface area contributed by atoms with Gasteiger partial charge in [-0.1, -0.05) is 23.9 Å². The normalized spacial score (nSPS) is 14.1. The summed E-state index contributed by atoms with van der Waals surface area (Å²) in [6, 6.07) is 9.54. The summed E-state index contributed by atoms with van der Waals surface area (Å²) in [5, 5.41) is 9.28. The molecule has 0 aliphatic carbocycles. The highest BCUT2D eigenvalue weighted by molar-refractivity contribution is 8.13. The Bertz CT molecular complexity index is 596. The first-order valence-corrected chi connectivity index (χ1v) is 6.44. The van der Waals surface area contributed by atoms with E-state index in [1.165, 1.54) is 6.92 Å². The molecule has 1 aromatic heterocycles. The highest BCUT2D eigenvalue weighted by Crippen LogP contribution is 2.29. The van der Waals surface area contributed by atoms with Gasteiger partial charge in [-0.05, 0) is 19.1 Å². The van der Waals surface area contributed by atoms with Crippen LogP contribution in [0.2, 0.25) is 0 Å². The molecule has 0 aliphatic rings. The first-order chi connectivity index (χ1) is 8.55. The van der Waals surface area contributed by atoms with Crippen molar-refractivity contribution in [2.45, 2.75) is 19.3 Å². The Morgan fingerprint density at radius 2 is 2.28 bits per heavy atom. The van der Waals surface area contributed by atoms with E-state index in [1.807, 2.05) is 24.3 Å². The zero-order chi connectivity index (χ0) is 13.2. The van der Waals surface area contributed by atoms with E-state index in [0.29, 0.717) is 17.2 Å². The van der Waals surface area contributed by atoms with E-state index in [9.17, 15) is 10.1 Å². The van der Waals surface area contributed by atoms with Crippen LogP contribution in [0.3, 0.4) is 0 Å². The van der Waals surface area contributed by atoms with Crippen molar-refractivity contribution in [3.8, 4) is 6.07 Å². The SMILES string of the molecule is CC(=O)SCC(C)(C#N)c1nc2ccccc2o1. The maximum atomic E-state index is 11.0. The third-order valence-electron chi connectivity index (χ3n) is 2.58. The number of nitrogens with zero attached hydrogens (tertiary/aromatic N) is 2. The number of fused-ring (bicyclic) bond motifs is 1. The number of aromatic nitrogens is 1. The zero-order valence-electron chi connectivity index (χ0n) is 10.1. The van der Waals surface area contributed by atoms with Gasteiger partial charge in [0, 0.05) is 12.7 Å². The molecule has 0 aliphatic heterocycles. The Labute approximate surface area is 109 Å². The lowest BCUT2D eigenvalue weighted by Gasteiger charge is -2.15. The molecule has 0 saturated carbocycles. The molecule has 5 heteroatoms. The quantitative estimate of drug-likeness (QED) is 0.848. The smallest absolute Gasteiger partial charge is 0.216 e. The Morgan fingerprint density at radius 3 is 2.89 bits per heavy atom. The van der Waals surface area contributed by atoms with Crippen LogP contribution in [-0.2, 0) is 10.2 Å². The van der Waals surface area contributed by atoms with E-state index < -0.39 is 5.41 Å². The minimum absolute atomic E-state index is 0.0208. The number of hydrogen-bond donors (Lipinski definition) is 0. The minimum atomic E-state index is -0.893. The molecule has 0 N–H and O–H groups in total. The second kappa shape index (κ2) is 4.83. The molecular formula is C13H12N2O2S. The van der Waals surface area contributed by atoms with Crippen molar-refractivity contribution >= 4 is 28.0 Å². The van der Waals surface area contributed by atoms with E-state index in [1.54, 1.807) is 6.92 Å². The van der Waals surface area contributed by atoms with Crippen LogP contribution in [0.4, 0.5) is 0 Å². The first-order valence-electron chi connectivity index (χ1n) is 5.46. The number of oxazole rings is 1. The number of thioether (sulfide) groups is 1. The van der Waals surface area contributed by atoms with Crippen molar-refractivity contribution in [2.75, 3.05) is 5.75 Å². The lowest BCUT2D eigenvalue weighted by Crippen LogP contribution is -2.23. The van der Waals surface area contributed by atoms with Crippen molar-refractivity contribution < 1.29 is 9.21 Å². The molecule has 1 unspecified atom stereocenters. The third kappa shape index (κ3) is 2.39. The Morgan fingerprint density at radius 1 is 1.56 bits per heavy atom. The van der Waals surface area contributed by atoms with Gasteiger partial charge in [-0.2, -0.15) is 5.26 Å². The first kappa shape index (κ1) is 12.7. The maximum absolute atomic E-state index is 11.0. The minimum Gasteiger partial charge on any atom is -0.439 e. The number of nitriles is 1. The van der Waals surface area contributed by atoms with Gasteiger partial charge in [-0.25, -0.2) is 4.98 Å². The number of carbonyl (C=O) groups excluding carboxylic acids is 1. The van der Waals surface area contributed by atoms with Gasteiger partial charge in [0.2, 0.25) is 5.89 Å². The van der Waals surface area contributed by atoms with E-state index in [-0.39, 0.29) is 5.12 Å². The summed E-state index contributed by atoms with van der Waals surface area (Å²) in [7, 11) is 0. The van der Waals surface area contributed by atoms with E-state index >= 15 is 0 Å². The number of hydrogen-bond acceptors (Lipinski definition) is 5. The molecule has 4 nitrogen and oxygen atoms in total. The van der Waals surface area contributed by atoms with Gasteiger partial charge in [-0.15, -0.1) is 0 Å². The van der Waals surface area contributed by atoms with Gasteiger partial charge in [0.25, 0.3) is 0 Å². The Hall–Kier alpha value is -1.80. The summed E-state index contributed by atoms with van der Waals surface area (Å²) < 4.78 is 5.60. The molecular weight excluding hydrogens is 248 g/mol. The van der Waals surface area contributed by atoms with Crippen LogP contribution >= 0.6 is 11.8 Å². The molecule has 18 heavy (non-hydrogen) atoms. The largest absolute Gasteiger partial charge is 0.439 e. The standard InChI is InChI=1S/C13H12N2O2S/c1-9(16)18-8-13(2,7-14)12-15-10-5-3-4-6-11(10)17-12/h3-6H,8H2,1-2H3. The summed E-state index contributed by atoms with van der Waals surface area (Å²) >= 11 is 1.11. The molecule has 0 fully saturated rings. The fourth-order valence-corrected chi connectivity index (χ4v) is 2.18. The Balaban J connectivity index is 2.37.